The van der Waals surface area contributed by atoms with Crippen LogP contribution in [0.2, 0.25) is 0 Å². The second-order valence-corrected chi connectivity index (χ2v) is 6.57. The Hall–Kier alpha value is -2.69. The van der Waals surface area contributed by atoms with Crippen LogP contribution in [-0.2, 0) is 17.8 Å². The van der Waals surface area contributed by atoms with Gasteiger partial charge in [-0.15, -0.1) is 0 Å². The van der Waals surface area contributed by atoms with Crippen LogP contribution >= 0.6 is 0 Å². The standard InChI is InChI=1S/C21H25NO4/c1-15(2)26-18-5-3-4-17(12-18)14-22-21(23)9-7-16-6-8-19-20(13-16)25-11-10-24-19/h3-6,8,12-13,15H,7,9-11,14H2,1-2H3,(H,22,23). The third kappa shape index (κ3) is 5.15. The van der Waals surface area contributed by atoms with E-state index < -0.39 is 0 Å². The third-order valence-corrected chi connectivity index (χ3v) is 4.01. The van der Waals surface area contributed by atoms with Crippen LogP contribution in [0, 0.1) is 0 Å². The van der Waals surface area contributed by atoms with Crippen LogP contribution < -0.4 is 19.5 Å². The lowest BCUT2D eigenvalue weighted by Crippen LogP contribution is -2.23. The number of hydrogen-bond acceptors (Lipinski definition) is 4. The molecular weight excluding hydrogens is 330 g/mol. The predicted molar refractivity (Wildman–Crippen MR) is 99.8 cm³/mol. The second-order valence-electron chi connectivity index (χ2n) is 6.57. The summed E-state index contributed by atoms with van der Waals surface area (Å²) in [6, 6.07) is 13.6. The van der Waals surface area contributed by atoms with Crippen molar-refractivity contribution in [2.45, 2.75) is 39.3 Å². The molecule has 1 aliphatic heterocycles. The van der Waals surface area contributed by atoms with Crippen LogP contribution in [0.3, 0.4) is 0 Å². The smallest absolute Gasteiger partial charge is 0.220 e. The van der Waals surface area contributed by atoms with E-state index in [1.807, 2.05) is 56.3 Å². The summed E-state index contributed by atoms with van der Waals surface area (Å²) < 4.78 is 16.8. The van der Waals surface area contributed by atoms with Gasteiger partial charge in [0.25, 0.3) is 0 Å². The number of nitrogens with one attached hydrogen (secondary N) is 1. The maximum Gasteiger partial charge on any atom is 0.220 e. The van der Waals surface area contributed by atoms with E-state index in [1.165, 1.54) is 0 Å². The molecular formula is C21H25NO4. The van der Waals surface area contributed by atoms with Gasteiger partial charge in [-0.05, 0) is 55.7 Å². The Morgan fingerprint density at radius 3 is 2.69 bits per heavy atom. The molecule has 1 amide bonds. The molecule has 0 aromatic heterocycles. The molecule has 0 saturated heterocycles. The van der Waals surface area contributed by atoms with Gasteiger partial charge >= 0.3 is 0 Å². The minimum atomic E-state index is 0.0232. The van der Waals surface area contributed by atoms with E-state index in [9.17, 15) is 4.79 Å². The van der Waals surface area contributed by atoms with E-state index in [1.54, 1.807) is 0 Å². The predicted octanol–water partition coefficient (Wildman–Crippen LogP) is 3.49. The SMILES string of the molecule is CC(C)Oc1cccc(CNC(=O)CCc2ccc3c(c2)OCCO3)c1. The number of rotatable bonds is 7. The van der Waals surface area contributed by atoms with Crippen LogP contribution in [-0.4, -0.2) is 25.2 Å². The molecule has 5 nitrogen and oxygen atoms in total. The van der Waals surface area contributed by atoms with Gasteiger partial charge in [-0.25, -0.2) is 0 Å². The van der Waals surface area contributed by atoms with Gasteiger partial charge < -0.3 is 19.5 Å². The Balaban J connectivity index is 1.47. The highest BCUT2D eigenvalue weighted by atomic mass is 16.6. The molecule has 26 heavy (non-hydrogen) atoms. The summed E-state index contributed by atoms with van der Waals surface area (Å²) in [6.45, 7) is 5.63. The van der Waals surface area contributed by atoms with Gasteiger partial charge in [0.05, 0.1) is 6.10 Å². The molecule has 2 aromatic carbocycles. The zero-order chi connectivity index (χ0) is 18.4. The molecule has 0 unspecified atom stereocenters. The number of aryl methyl sites for hydroxylation is 1. The normalized spacial score (nSPS) is 12.7. The van der Waals surface area contributed by atoms with E-state index in [4.69, 9.17) is 14.2 Å². The van der Waals surface area contributed by atoms with Crippen molar-refractivity contribution in [1.82, 2.24) is 5.32 Å². The summed E-state index contributed by atoms with van der Waals surface area (Å²) in [4.78, 5) is 12.1. The lowest BCUT2D eigenvalue weighted by molar-refractivity contribution is -0.121. The first-order valence-corrected chi connectivity index (χ1v) is 9.01. The number of ether oxygens (including phenoxy) is 3. The van der Waals surface area contributed by atoms with Crippen molar-refractivity contribution in [3.05, 3.63) is 53.6 Å². The van der Waals surface area contributed by atoms with Gasteiger partial charge in [-0.3, -0.25) is 4.79 Å². The maximum atomic E-state index is 12.1. The molecule has 3 rings (SSSR count). The molecule has 0 fully saturated rings. The summed E-state index contributed by atoms with van der Waals surface area (Å²) in [5.41, 5.74) is 2.09. The topological polar surface area (TPSA) is 56.8 Å². The fourth-order valence-corrected chi connectivity index (χ4v) is 2.79. The number of carbonyl (C=O) groups excluding carboxylic acids is 1. The van der Waals surface area contributed by atoms with Crippen LogP contribution in [0.1, 0.15) is 31.4 Å². The number of fused-ring (bicyclic) bond motifs is 1. The molecule has 0 saturated carbocycles. The van der Waals surface area contributed by atoms with Gasteiger partial charge in [0.15, 0.2) is 11.5 Å². The Morgan fingerprint density at radius 2 is 1.88 bits per heavy atom. The van der Waals surface area contributed by atoms with E-state index in [0.717, 1.165) is 28.4 Å². The molecule has 0 aliphatic carbocycles. The first kappa shape index (κ1) is 18.1. The number of amides is 1. The number of benzene rings is 2. The van der Waals surface area contributed by atoms with Crippen molar-refractivity contribution in [2.24, 2.45) is 0 Å². The molecule has 138 valence electrons. The van der Waals surface area contributed by atoms with Crippen molar-refractivity contribution in [1.29, 1.82) is 0 Å². The summed E-state index contributed by atoms with van der Waals surface area (Å²) >= 11 is 0. The Labute approximate surface area is 154 Å². The van der Waals surface area contributed by atoms with E-state index >= 15 is 0 Å². The molecule has 1 heterocycles. The van der Waals surface area contributed by atoms with Crippen LogP contribution in [0.5, 0.6) is 17.2 Å². The summed E-state index contributed by atoms with van der Waals surface area (Å²) in [5.74, 6) is 2.38. The third-order valence-electron chi connectivity index (χ3n) is 4.01. The van der Waals surface area contributed by atoms with Gasteiger partial charge in [0.2, 0.25) is 5.91 Å². The molecule has 1 N–H and O–H groups in total. The number of carbonyl (C=O) groups is 1. The monoisotopic (exact) mass is 355 g/mol. The Bertz CT molecular complexity index is 757. The highest BCUT2D eigenvalue weighted by Crippen LogP contribution is 2.31. The van der Waals surface area contributed by atoms with Crippen molar-refractivity contribution < 1.29 is 19.0 Å². The van der Waals surface area contributed by atoms with Crippen LogP contribution in [0.4, 0.5) is 0 Å². The van der Waals surface area contributed by atoms with E-state index in [-0.39, 0.29) is 12.0 Å². The van der Waals surface area contributed by atoms with Crippen LogP contribution in [0.15, 0.2) is 42.5 Å². The lowest BCUT2D eigenvalue weighted by Gasteiger charge is -2.18. The fraction of sp³-hybridized carbons (Fsp3) is 0.381. The quantitative estimate of drug-likeness (QED) is 0.826. The minimum absolute atomic E-state index is 0.0232. The zero-order valence-electron chi connectivity index (χ0n) is 15.3. The first-order chi connectivity index (χ1) is 12.6. The molecule has 0 spiro atoms. The largest absolute Gasteiger partial charge is 0.491 e. The Morgan fingerprint density at radius 1 is 1.08 bits per heavy atom. The lowest BCUT2D eigenvalue weighted by atomic mass is 10.1. The highest BCUT2D eigenvalue weighted by Gasteiger charge is 2.12. The summed E-state index contributed by atoms with van der Waals surface area (Å²) in [6.07, 6.45) is 1.23. The molecule has 1 aliphatic rings. The van der Waals surface area contributed by atoms with E-state index in [0.29, 0.717) is 32.6 Å². The van der Waals surface area contributed by atoms with Crippen molar-refractivity contribution >= 4 is 5.91 Å². The molecule has 5 heteroatoms. The van der Waals surface area contributed by atoms with Crippen molar-refractivity contribution in [2.75, 3.05) is 13.2 Å². The second kappa shape index (κ2) is 8.61. The summed E-state index contributed by atoms with van der Waals surface area (Å²) in [7, 11) is 0. The minimum Gasteiger partial charge on any atom is -0.491 e. The van der Waals surface area contributed by atoms with E-state index in [2.05, 4.69) is 5.32 Å². The Kier molecular flexibility index (Phi) is 6.00. The van der Waals surface area contributed by atoms with Gasteiger partial charge in [0, 0.05) is 13.0 Å². The molecule has 2 aromatic rings. The average Bonchev–Trinajstić information content (AvgIpc) is 2.64. The van der Waals surface area contributed by atoms with Gasteiger partial charge in [-0.1, -0.05) is 18.2 Å². The molecule has 0 radical (unpaired) electrons. The summed E-state index contributed by atoms with van der Waals surface area (Å²) in [5, 5.41) is 2.96. The highest BCUT2D eigenvalue weighted by molar-refractivity contribution is 5.76. The number of hydrogen-bond donors (Lipinski definition) is 1. The van der Waals surface area contributed by atoms with Crippen molar-refractivity contribution in [3.63, 3.8) is 0 Å². The first-order valence-electron chi connectivity index (χ1n) is 9.01. The van der Waals surface area contributed by atoms with Crippen molar-refractivity contribution in [3.8, 4) is 17.2 Å². The van der Waals surface area contributed by atoms with Gasteiger partial charge in [0.1, 0.15) is 19.0 Å². The van der Waals surface area contributed by atoms with Crippen LogP contribution in [0.25, 0.3) is 0 Å². The van der Waals surface area contributed by atoms with Gasteiger partial charge in [-0.2, -0.15) is 0 Å². The fourth-order valence-electron chi connectivity index (χ4n) is 2.79. The molecule has 0 bridgehead atoms. The molecule has 0 atom stereocenters. The zero-order valence-corrected chi connectivity index (χ0v) is 15.3. The average molecular weight is 355 g/mol. The maximum absolute atomic E-state index is 12.1.